The van der Waals surface area contributed by atoms with E-state index in [1.165, 1.54) is 4.90 Å². The van der Waals surface area contributed by atoms with Crippen LogP contribution < -0.4 is 5.32 Å². The fourth-order valence-corrected chi connectivity index (χ4v) is 2.59. The number of nitrogens with zero attached hydrogens (tertiary/aromatic N) is 1. The molecule has 120 valence electrons. The summed E-state index contributed by atoms with van der Waals surface area (Å²) < 4.78 is 0. The average molecular weight is 298 g/mol. The van der Waals surface area contributed by atoms with E-state index in [4.69, 9.17) is 5.11 Å². The lowest BCUT2D eigenvalue weighted by atomic mass is 10.1. The first-order chi connectivity index (χ1) is 9.71. The highest BCUT2D eigenvalue weighted by molar-refractivity contribution is 5.83. The van der Waals surface area contributed by atoms with Gasteiger partial charge >= 0.3 is 5.97 Å². The Kier molecular flexibility index (Phi) is 6.18. The number of hydrogen-bond donors (Lipinski definition) is 2. The molecule has 0 saturated heterocycles. The van der Waals surface area contributed by atoms with E-state index in [0.717, 1.165) is 25.7 Å². The van der Waals surface area contributed by atoms with E-state index in [0.29, 0.717) is 0 Å². The molecule has 0 heterocycles. The standard InChI is InChI=1S/C15H26N2O4/c1-15(2,3)17(10-13(19)20)12(18)8-9-16-14(21)11-6-4-5-7-11/h11H,4-10H2,1-3H3,(H,16,21)(H,19,20). The van der Waals surface area contributed by atoms with Crippen molar-refractivity contribution in [2.45, 2.75) is 58.4 Å². The number of nitrogens with one attached hydrogen (secondary N) is 1. The van der Waals surface area contributed by atoms with Gasteiger partial charge in [0.25, 0.3) is 0 Å². The second-order valence-electron chi connectivity index (χ2n) is 6.57. The lowest BCUT2D eigenvalue weighted by Gasteiger charge is -2.34. The van der Waals surface area contributed by atoms with Crippen LogP contribution in [0.1, 0.15) is 52.9 Å². The lowest BCUT2D eigenvalue weighted by Crippen LogP contribution is -2.49. The Morgan fingerprint density at radius 1 is 1.19 bits per heavy atom. The summed E-state index contributed by atoms with van der Waals surface area (Å²) >= 11 is 0. The summed E-state index contributed by atoms with van der Waals surface area (Å²) in [6.07, 6.45) is 4.16. The van der Waals surface area contributed by atoms with Crippen LogP contribution in [0.3, 0.4) is 0 Å². The van der Waals surface area contributed by atoms with Crippen molar-refractivity contribution in [1.82, 2.24) is 10.2 Å². The number of rotatable bonds is 6. The predicted molar refractivity (Wildman–Crippen MR) is 78.7 cm³/mol. The Labute approximate surface area is 125 Å². The van der Waals surface area contributed by atoms with Crippen LogP contribution in [0.25, 0.3) is 0 Å². The average Bonchev–Trinajstić information content (AvgIpc) is 2.87. The van der Waals surface area contributed by atoms with Crippen LogP contribution in [0.5, 0.6) is 0 Å². The van der Waals surface area contributed by atoms with E-state index < -0.39 is 11.5 Å². The van der Waals surface area contributed by atoms with Gasteiger partial charge in [-0.25, -0.2) is 0 Å². The van der Waals surface area contributed by atoms with Gasteiger partial charge in [-0.3, -0.25) is 14.4 Å². The van der Waals surface area contributed by atoms with E-state index in [1.54, 1.807) is 20.8 Å². The van der Waals surface area contributed by atoms with Crippen LogP contribution in [-0.2, 0) is 14.4 Å². The van der Waals surface area contributed by atoms with Gasteiger partial charge in [0.05, 0.1) is 0 Å². The third-order valence-electron chi connectivity index (χ3n) is 3.77. The molecule has 0 radical (unpaired) electrons. The van der Waals surface area contributed by atoms with Gasteiger partial charge in [-0.15, -0.1) is 0 Å². The fourth-order valence-electron chi connectivity index (χ4n) is 2.59. The Balaban J connectivity index is 2.42. The number of carbonyl (C=O) groups excluding carboxylic acids is 2. The van der Waals surface area contributed by atoms with Crippen molar-refractivity contribution in [3.63, 3.8) is 0 Å². The van der Waals surface area contributed by atoms with E-state index in [1.807, 2.05) is 0 Å². The molecule has 0 aromatic heterocycles. The molecule has 1 aliphatic carbocycles. The van der Waals surface area contributed by atoms with Crippen molar-refractivity contribution in [3.05, 3.63) is 0 Å². The number of carboxylic acid groups (broad SMARTS) is 1. The topological polar surface area (TPSA) is 86.7 Å². The quantitative estimate of drug-likeness (QED) is 0.776. The van der Waals surface area contributed by atoms with Crippen LogP contribution in [0.2, 0.25) is 0 Å². The van der Waals surface area contributed by atoms with Gasteiger partial charge in [-0.1, -0.05) is 12.8 Å². The first-order valence-electron chi connectivity index (χ1n) is 7.52. The maximum Gasteiger partial charge on any atom is 0.323 e. The molecule has 0 aromatic rings. The van der Waals surface area contributed by atoms with Crippen LogP contribution in [0, 0.1) is 5.92 Å². The molecular formula is C15H26N2O4. The number of aliphatic carboxylic acids is 1. The SMILES string of the molecule is CC(C)(C)N(CC(=O)O)C(=O)CCNC(=O)C1CCCC1. The molecule has 2 N–H and O–H groups in total. The maximum absolute atomic E-state index is 12.1. The molecule has 0 spiro atoms. The predicted octanol–water partition coefficient (Wildman–Crippen LogP) is 1.39. The maximum atomic E-state index is 12.1. The summed E-state index contributed by atoms with van der Waals surface area (Å²) in [6.45, 7) is 5.33. The molecule has 0 bridgehead atoms. The normalized spacial score (nSPS) is 15.8. The molecule has 1 aliphatic rings. The van der Waals surface area contributed by atoms with Gasteiger partial charge in [-0.05, 0) is 33.6 Å². The first-order valence-corrected chi connectivity index (χ1v) is 7.52. The summed E-state index contributed by atoms with van der Waals surface area (Å²) in [5.74, 6) is -1.19. The second-order valence-corrected chi connectivity index (χ2v) is 6.57. The molecule has 6 nitrogen and oxygen atoms in total. The smallest absolute Gasteiger partial charge is 0.323 e. The van der Waals surface area contributed by atoms with Crippen molar-refractivity contribution >= 4 is 17.8 Å². The first kappa shape index (κ1) is 17.5. The monoisotopic (exact) mass is 298 g/mol. The number of carboxylic acids is 1. The molecule has 6 heteroatoms. The fraction of sp³-hybridized carbons (Fsp3) is 0.800. The molecule has 1 rings (SSSR count). The van der Waals surface area contributed by atoms with E-state index in [9.17, 15) is 14.4 Å². The lowest BCUT2D eigenvalue weighted by molar-refractivity contribution is -0.148. The molecule has 1 saturated carbocycles. The van der Waals surface area contributed by atoms with Gasteiger partial charge in [0.2, 0.25) is 11.8 Å². The summed E-state index contributed by atoms with van der Waals surface area (Å²) in [6, 6.07) is 0. The minimum atomic E-state index is -1.03. The minimum Gasteiger partial charge on any atom is -0.480 e. The second kappa shape index (κ2) is 7.43. The Hall–Kier alpha value is -1.59. The highest BCUT2D eigenvalue weighted by atomic mass is 16.4. The molecule has 1 fully saturated rings. The van der Waals surface area contributed by atoms with Gasteiger partial charge < -0.3 is 15.3 Å². The van der Waals surface area contributed by atoms with Gasteiger partial charge in [0, 0.05) is 24.4 Å². The molecule has 0 aromatic carbocycles. The zero-order chi connectivity index (χ0) is 16.0. The minimum absolute atomic E-state index is 0.0147. The molecule has 21 heavy (non-hydrogen) atoms. The highest BCUT2D eigenvalue weighted by Crippen LogP contribution is 2.24. The van der Waals surface area contributed by atoms with Gasteiger partial charge in [-0.2, -0.15) is 0 Å². The van der Waals surface area contributed by atoms with Crippen molar-refractivity contribution in [2.75, 3.05) is 13.1 Å². The van der Waals surface area contributed by atoms with E-state index >= 15 is 0 Å². The zero-order valence-corrected chi connectivity index (χ0v) is 13.1. The highest BCUT2D eigenvalue weighted by Gasteiger charge is 2.28. The van der Waals surface area contributed by atoms with Crippen LogP contribution in [-0.4, -0.2) is 46.4 Å². The Bertz CT molecular complexity index is 395. The van der Waals surface area contributed by atoms with Crippen LogP contribution >= 0.6 is 0 Å². The Morgan fingerprint density at radius 3 is 2.24 bits per heavy atom. The molecule has 0 atom stereocenters. The molecule has 0 unspecified atom stereocenters. The summed E-state index contributed by atoms with van der Waals surface area (Å²) in [5.41, 5.74) is -0.551. The molecule has 0 aliphatic heterocycles. The van der Waals surface area contributed by atoms with Crippen LogP contribution in [0.4, 0.5) is 0 Å². The van der Waals surface area contributed by atoms with Crippen molar-refractivity contribution in [1.29, 1.82) is 0 Å². The summed E-state index contributed by atoms with van der Waals surface area (Å²) in [4.78, 5) is 36.2. The number of amides is 2. The summed E-state index contributed by atoms with van der Waals surface area (Å²) in [7, 11) is 0. The zero-order valence-electron chi connectivity index (χ0n) is 13.1. The van der Waals surface area contributed by atoms with Gasteiger partial charge in [0.1, 0.15) is 6.54 Å². The molecule has 2 amide bonds. The third-order valence-corrected chi connectivity index (χ3v) is 3.77. The van der Waals surface area contributed by atoms with Crippen molar-refractivity contribution in [3.8, 4) is 0 Å². The van der Waals surface area contributed by atoms with E-state index in [2.05, 4.69) is 5.32 Å². The molecular weight excluding hydrogens is 272 g/mol. The van der Waals surface area contributed by atoms with Crippen molar-refractivity contribution < 1.29 is 19.5 Å². The third kappa shape index (κ3) is 5.73. The number of carbonyl (C=O) groups is 3. The van der Waals surface area contributed by atoms with Crippen LogP contribution in [0.15, 0.2) is 0 Å². The van der Waals surface area contributed by atoms with Crippen molar-refractivity contribution in [2.24, 2.45) is 5.92 Å². The number of hydrogen-bond acceptors (Lipinski definition) is 3. The Morgan fingerprint density at radius 2 is 1.76 bits per heavy atom. The largest absolute Gasteiger partial charge is 0.480 e. The van der Waals surface area contributed by atoms with Gasteiger partial charge in [0.15, 0.2) is 0 Å². The van der Waals surface area contributed by atoms with E-state index in [-0.39, 0.29) is 37.2 Å². The summed E-state index contributed by atoms with van der Waals surface area (Å²) in [5, 5.41) is 11.7.